The lowest BCUT2D eigenvalue weighted by Crippen LogP contribution is -2.08. The fourth-order valence-electron chi connectivity index (χ4n) is 2.71. The number of hydrogen-bond donors (Lipinski definition) is 1. The first-order valence-electron chi connectivity index (χ1n) is 7.94. The van der Waals surface area contributed by atoms with Gasteiger partial charge in [-0.05, 0) is 35.9 Å². The van der Waals surface area contributed by atoms with Crippen molar-refractivity contribution in [3.8, 4) is 22.9 Å². The highest BCUT2D eigenvalue weighted by Gasteiger charge is 2.24. The number of carboxylic acids is 1. The smallest absolute Gasteiger partial charge is 0.340 e. The van der Waals surface area contributed by atoms with Crippen LogP contribution in [0.3, 0.4) is 0 Å². The largest absolute Gasteiger partial charge is 0.488 e. The van der Waals surface area contributed by atoms with Crippen LogP contribution in [0, 0.1) is 17.1 Å². The van der Waals surface area contributed by atoms with Gasteiger partial charge < -0.3 is 9.84 Å². The van der Waals surface area contributed by atoms with Crippen LogP contribution in [0.5, 0.6) is 5.75 Å². The molecule has 0 radical (unpaired) electrons. The molecule has 0 atom stereocenters. The van der Waals surface area contributed by atoms with E-state index < -0.39 is 11.8 Å². The molecule has 27 heavy (non-hydrogen) atoms. The molecular weight excluding hydrogens is 369 g/mol. The van der Waals surface area contributed by atoms with Gasteiger partial charge in [0.2, 0.25) is 0 Å². The van der Waals surface area contributed by atoms with Gasteiger partial charge in [0, 0.05) is 16.1 Å². The molecule has 3 aromatic carbocycles. The summed E-state index contributed by atoms with van der Waals surface area (Å²) < 4.78 is 20.1. The zero-order chi connectivity index (χ0) is 19.4. The molecule has 0 aliphatic rings. The summed E-state index contributed by atoms with van der Waals surface area (Å²) in [7, 11) is 0. The first-order valence-corrected chi connectivity index (χ1v) is 8.31. The maximum atomic E-state index is 14.4. The molecule has 0 unspecified atom stereocenters. The number of rotatable bonds is 5. The predicted octanol–water partition coefficient (Wildman–Crippen LogP) is 5.29. The second-order valence-electron chi connectivity index (χ2n) is 5.68. The molecule has 0 fully saturated rings. The molecule has 0 saturated heterocycles. The highest BCUT2D eigenvalue weighted by atomic mass is 35.5. The van der Waals surface area contributed by atoms with Crippen molar-refractivity contribution in [1.29, 1.82) is 5.26 Å². The van der Waals surface area contributed by atoms with Crippen molar-refractivity contribution >= 4 is 17.6 Å². The first kappa shape index (κ1) is 18.4. The summed E-state index contributed by atoms with van der Waals surface area (Å²) in [6, 6.07) is 17.7. The Labute approximate surface area is 160 Å². The molecule has 0 spiro atoms. The highest BCUT2D eigenvalue weighted by molar-refractivity contribution is 6.30. The van der Waals surface area contributed by atoms with Gasteiger partial charge in [-0.25, -0.2) is 9.18 Å². The number of carboxylic acid groups (broad SMARTS) is 1. The number of halogens is 2. The fourth-order valence-corrected chi connectivity index (χ4v) is 2.89. The summed E-state index contributed by atoms with van der Waals surface area (Å²) >= 11 is 5.95. The Morgan fingerprint density at radius 2 is 1.89 bits per heavy atom. The molecular formula is C21H13ClFNO3. The standard InChI is InChI=1S/C21H13ClFNO3/c22-15-7-8-17(23)16(10-15)19-14(11-24)6-9-18(20(19)21(25)26)27-12-13-4-2-1-3-5-13/h1-10H,12H2,(H,25,26). The summed E-state index contributed by atoms with van der Waals surface area (Å²) in [4.78, 5) is 11.9. The summed E-state index contributed by atoms with van der Waals surface area (Å²) in [6.45, 7) is 0.129. The molecule has 0 aromatic heterocycles. The van der Waals surface area contributed by atoms with Gasteiger partial charge in [0.1, 0.15) is 23.7 Å². The number of aromatic carboxylic acids is 1. The first-order chi connectivity index (χ1) is 13.0. The molecule has 0 saturated carbocycles. The Balaban J connectivity index is 2.15. The van der Waals surface area contributed by atoms with Gasteiger partial charge in [-0.3, -0.25) is 0 Å². The van der Waals surface area contributed by atoms with Crippen molar-refractivity contribution in [3.63, 3.8) is 0 Å². The number of nitriles is 1. The summed E-state index contributed by atoms with van der Waals surface area (Å²) in [5, 5.41) is 19.4. The number of carbonyl (C=O) groups is 1. The van der Waals surface area contributed by atoms with Crippen molar-refractivity contribution in [2.45, 2.75) is 6.61 Å². The predicted molar refractivity (Wildman–Crippen MR) is 99.3 cm³/mol. The maximum Gasteiger partial charge on any atom is 0.340 e. The number of nitrogens with zero attached hydrogens (tertiary/aromatic N) is 1. The van der Waals surface area contributed by atoms with Crippen molar-refractivity contribution in [2.24, 2.45) is 0 Å². The summed E-state index contributed by atoms with van der Waals surface area (Å²) in [5.74, 6) is -1.97. The Morgan fingerprint density at radius 1 is 1.15 bits per heavy atom. The maximum absolute atomic E-state index is 14.4. The Kier molecular flexibility index (Phi) is 5.39. The Hall–Kier alpha value is -3.36. The van der Waals surface area contributed by atoms with Crippen molar-refractivity contribution in [1.82, 2.24) is 0 Å². The van der Waals surface area contributed by atoms with E-state index in [1.165, 1.54) is 24.3 Å². The van der Waals surface area contributed by atoms with Crippen LogP contribution in [0.25, 0.3) is 11.1 Å². The van der Waals surface area contributed by atoms with E-state index in [0.29, 0.717) is 0 Å². The van der Waals surface area contributed by atoms with E-state index >= 15 is 0 Å². The van der Waals surface area contributed by atoms with Crippen molar-refractivity contribution in [3.05, 3.63) is 88.2 Å². The lowest BCUT2D eigenvalue weighted by Gasteiger charge is -2.15. The average molecular weight is 382 g/mol. The third-order valence-corrected chi connectivity index (χ3v) is 4.17. The van der Waals surface area contributed by atoms with Gasteiger partial charge in [0.05, 0.1) is 11.6 Å². The summed E-state index contributed by atoms with van der Waals surface area (Å²) in [5.41, 5.74) is 0.442. The lowest BCUT2D eigenvalue weighted by atomic mass is 9.93. The second-order valence-corrected chi connectivity index (χ2v) is 6.11. The Bertz CT molecular complexity index is 1050. The molecule has 6 heteroatoms. The average Bonchev–Trinajstić information content (AvgIpc) is 2.68. The number of hydrogen-bond acceptors (Lipinski definition) is 3. The molecule has 3 rings (SSSR count). The van der Waals surface area contributed by atoms with E-state index in [0.717, 1.165) is 11.6 Å². The van der Waals surface area contributed by atoms with Gasteiger partial charge in [-0.2, -0.15) is 5.26 Å². The van der Waals surface area contributed by atoms with Crippen LogP contribution in [0.4, 0.5) is 4.39 Å². The third-order valence-electron chi connectivity index (χ3n) is 3.94. The molecule has 4 nitrogen and oxygen atoms in total. The summed E-state index contributed by atoms with van der Waals surface area (Å²) in [6.07, 6.45) is 0. The zero-order valence-electron chi connectivity index (χ0n) is 13.9. The minimum atomic E-state index is -1.33. The van der Waals surface area contributed by atoms with E-state index in [1.807, 2.05) is 36.4 Å². The molecule has 1 N–H and O–H groups in total. The van der Waals surface area contributed by atoms with Crippen LogP contribution in [0.1, 0.15) is 21.5 Å². The number of ether oxygens (including phenoxy) is 1. The van der Waals surface area contributed by atoms with Crippen LogP contribution >= 0.6 is 11.6 Å². The minimum absolute atomic E-state index is 0.0145. The topological polar surface area (TPSA) is 70.3 Å². The molecule has 0 heterocycles. The van der Waals surface area contributed by atoms with Gasteiger partial charge in [0.25, 0.3) is 0 Å². The molecule has 0 bridgehead atoms. The minimum Gasteiger partial charge on any atom is -0.488 e. The molecule has 0 amide bonds. The van der Waals surface area contributed by atoms with Crippen LogP contribution in [-0.4, -0.2) is 11.1 Å². The van der Waals surface area contributed by atoms with E-state index in [4.69, 9.17) is 16.3 Å². The van der Waals surface area contributed by atoms with Crippen LogP contribution < -0.4 is 4.74 Å². The second kappa shape index (κ2) is 7.90. The van der Waals surface area contributed by atoms with E-state index in [9.17, 15) is 19.6 Å². The van der Waals surface area contributed by atoms with Gasteiger partial charge in [-0.15, -0.1) is 0 Å². The number of benzene rings is 3. The normalized spacial score (nSPS) is 10.3. The highest BCUT2D eigenvalue weighted by Crippen LogP contribution is 2.37. The van der Waals surface area contributed by atoms with E-state index in [-0.39, 0.29) is 39.6 Å². The fraction of sp³-hybridized carbons (Fsp3) is 0.0476. The van der Waals surface area contributed by atoms with Gasteiger partial charge in [-0.1, -0.05) is 41.9 Å². The third kappa shape index (κ3) is 3.91. The molecule has 0 aliphatic heterocycles. The molecule has 0 aliphatic carbocycles. The SMILES string of the molecule is N#Cc1ccc(OCc2ccccc2)c(C(=O)O)c1-c1cc(Cl)ccc1F. The molecule has 3 aromatic rings. The van der Waals surface area contributed by atoms with Gasteiger partial charge in [0.15, 0.2) is 0 Å². The van der Waals surface area contributed by atoms with E-state index in [1.54, 1.807) is 0 Å². The monoisotopic (exact) mass is 381 g/mol. The zero-order valence-corrected chi connectivity index (χ0v) is 14.7. The van der Waals surface area contributed by atoms with Crippen LogP contribution in [0.15, 0.2) is 60.7 Å². The van der Waals surface area contributed by atoms with Crippen molar-refractivity contribution < 1.29 is 19.0 Å². The van der Waals surface area contributed by atoms with Crippen LogP contribution in [0.2, 0.25) is 5.02 Å². The molecule has 134 valence electrons. The Morgan fingerprint density at radius 3 is 2.56 bits per heavy atom. The van der Waals surface area contributed by atoms with Crippen molar-refractivity contribution in [2.75, 3.05) is 0 Å². The van der Waals surface area contributed by atoms with E-state index in [2.05, 4.69) is 0 Å². The van der Waals surface area contributed by atoms with Crippen LogP contribution in [-0.2, 0) is 6.61 Å². The quantitative estimate of drug-likeness (QED) is 0.651. The lowest BCUT2D eigenvalue weighted by molar-refractivity contribution is 0.0692. The van der Waals surface area contributed by atoms with Gasteiger partial charge >= 0.3 is 5.97 Å².